The van der Waals surface area contributed by atoms with Gasteiger partial charge in [-0.2, -0.15) is 8.75 Å². The molecule has 0 aliphatic rings. The normalized spacial score (nSPS) is 11.0. The molecule has 0 saturated heterocycles. The van der Waals surface area contributed by atoms with Crippen LogP contribution >= 0.6 is 11.7 Å². The second-order valence-electron chi connectivity index (χ2n) is 6.29. The van der Waals surface area contributed by atoms with E-state index in [1.165, 1.54) is 0 Å². The Bertz CT molecular complexity index is 1180. The van der Waals surface area contributed by atoms with Gasteiger partial charge in [0.15, 0.2) is 6.61 Å². The second-order valence-corrected chi connectivity index (χ2v) is 6.82. The first-order valence-corrected chi connectivity index (χ1v) is 9.02. The Morgan fingerprint density at radius 3 is 2.89 bits per heavy atom. The molecule has 8 heteroatoms. The summed E-state index contributed by atoms with van der Waals surface area (Å²) in [4.78, 5) is 27.5. The second kappa shape index (κ2) is 6.81. The van der Waals surface area contributed by atoms with Gasteiger partial charge in [0.25, 0.3) is 5.91 Å². The van der Waals surface area contributed by atoms with Crippen LogP contribution in [0.5, 0.6) is 0 Å². The van der Waals surface area contributed by atoms with Gasteiger partial charge >= 0.3 is 5.97 Å². The molecule has 0 aliphatic heterocycles. The molecule has 4 rings (SSSR count). The average molecular weight is 380 g/mol. The van der Waals surface area contributed by atoms with Crippen molar-refractivity contribution >= 4 is 51.2 Å². The van der Waals surface area contributed by atoms with E-state index in [2.05, 4.69) is 19.0 Å². The number of rotatable bonds is 4. The van der Waals surface area contributed by atoms with Gasteiger partial charge in [-0.25, -0.2) is 4.79 Å². The highest BCUT2D eigenvalue weighted by molar-refractivity contribution is 7.00. The molecule has 2 aromatic heterocycles. The SMILES string of the molecule is Cc1cc(C)c2cc(C(=O)OCC(=O)Nc3cccc4nsnc34)[nH]c2c1. The topological polar surface area (TPSA) is 97.0 Å². The van der Waals surface area contributed by atoms with E-state index in [1.54, 1.807) is 18.2 Å². The monoisotopic (exact) mass is 380 g/mol. The number of hydrogen-bond acceptors (Lipinski definition) is 6. The third kappa shape index (κ3) is 3.39. The number of nitrogens with zero attached hydrogens (tertiary/aromatic N) is 2. The van der Waals surface area contributed by atoms with Crippen molar-refractivity contribution in [2.75, 3.05) is 11.9 Å². The van der Waals surface area contributed by atoms with E-state index in [-0.39, 0.29) is 6.61 Å². The van der Waals surface area contributed by atoms with Crippen LogP contribution in [0.3, 0.4) is 0 Å². The van der Waals surface area contributed by atoms with Gasteiger partial charge in [0, 0.05) is 10.9 Å². The number of aromatic nitrogens is 3. The minimum Gasteiger partial charge on any atom is -0.451 e. The summed E-state index contributed by atoms with van der Waals surface area (Å²) in [5.41, 5.74) is 5.22. The van der Waals surface area contributed by atoms with Crippen LogP contribution in [0.15, 0.2) is 36.4 Å². The Hall–Kier alpha value is -3.26. The molecule has 2 aromatic carbocycles. The summed E-state index contributed by atoms with van der Waals surface area (Å²) >= 11 is 1.07. The van der Waals surface area contributed by atoms with Crippen LogP contribution in [-0.4, -0.2) is 32.2 Å². The lowest BCUT2D eigenvalue weighted by atomic mass is 10.1. The van der Waals surface area contributed by atoms with Crippen molar-refractivity contribution in [1.29, 1.82) is 0 Å². The highest BCUT2D eigenvalue weighted by Crippen LogP contribution is 2.22. The maximum atomic E-state index is 12.3. The third-order valence-electron chi connectivity index (χ3n) is 4.20. The molecular weight excluding hydrogens is 364 g/mol. The molecule has 0 fully saturated rings. The van der Waals surface area contributed by atoms with Crippen molar-refractivity contribution in [2.45, 2.75) is 13.8 Å². The maximum absolute atomic E-state index is 12.3. The van der Waals surface area contributed by atoms with Crippen LogP contribution in [0.1, 0.15) is 21.6 Å². The summed E-state index contributed by atoms with van der Waals surface area (Å²) in [5.74, 6) is -1.01. The Labute approximate surface area is 158 Å². The summed E-state index contributed by atoms with van der Waals surface area (Å²) in [6.07, 6.45) is 0. The van der Waals surface area contributed by atoms with Gasteiger partial charge in [-0.1, -0.05) is 12.1 Å². The van der Waals surface area contributed by atoms with E-state index in [0.717, 1.165) is 33.8 Å². The Morgan fingerprint density at radius 2 is 2.04 bits per heavy atom. The molecule has 0 spiro atoms. The Kier molecular flexibility index (Phi) is 4.33. The first kappa shape index (κ1) is 17.2. The van der Waals surface area contributed by atoms with E-state index in [4.69, 9.17) is 4.74 Å². The van der Waals surface area contributed by atoms with Gasteiger partial charge in [-0.15, -0.1) is 0 Å². The van der Waals surface area contributed by atoms with Crippen LogP contribution in [0.2, 0.25) is 0 Å². The predicted octanol–water partition coefficient (Wildman–Crippen LogP) is 3.58. The number of esters is 1. The van der Waals surface area contributed by atoms with Gasteiger partial charge in [-0.3, -0.25) is 4.79 Å². The van der Waals surface area contributed by atoms with Crippen LogP contribution in [0.25, 0.3) is 21.9 Å². The minimum atomic E-state index is -0.577. The van der Waals surface area contributed by atoms with Crippen molar-refractivity contribution in [1.82, 2.24) is 13.7 Å². The van der Waals surface area contributed by atoms with E-state index >= 15 is 0 Å². The van der Waals surface area contributed by atoms with Crippen molar-refractivity contribution in [3.63, 3.8) is 0 Å². The Balaban J connectivity index is 1.44. The summed E-state index contributed by atoms with van der Waals surface area (Å²) in [5, 5.41) is 3.66. The smallest absolute Gasteiger partial charge is 0.355 e. The number of aryl methyl sites for hydroxylation is 2. The number of H-pyrrole nitrogens is 1. The van der Waals surface area contributed by atoms with Crippen LogP contribution in [0, 0.1) is 13.8 Å². The molecule has 4 aromatic rings. The van der Waals surface area contributed by atoms with Gasteiger partial charge in [0.05, 0.1) is 17.4 Å². The summed E-state index contributed by atoms with van der Waals surface area (Å²) in [6, 6.07) is 11.1. The zero-order valence-corrected chi connectivity index (χ0v) is 15.5. The molecule has 0 saturated carbocycles. The standard InChI is InChI=1S/C19H16N4O3S/c1-10-6-11(2)12-8-16(20-15(12)7-10)19(25)26-9-17(24)21-13-4-3-5-14-18(13)23-27-22-14/h3-8,20H,9H2,1-2H3,(H,21,24). The number of aromatic amines is 1. The van der Waals surface area contributed by atoms with Crippen LogP contribution in [0.4, 0.5) is 5.69 Å². The molecule has 7 nitrogen and oxygen atoms in total. The van der Waals surface area contributed by atoms with Gasteiger partial charge in [0.2, 0.25) is 0 Å². The molecule has 0 bridgehead atoms. The fraction of sp³-hybridized carbons (Fsp3) is 0.158. The van der Waals surface area contributed by atoms with E-state index in [1.807, 2.05) is 32.0 Å². The summed E-state index contributed by atoms with van der Waals surface area (Å²) in [7, 11) is 0. The number of carbonyl (C=O) groups excluding carboxylic acids is 2. The van der Waals surface area contributed by atoms with E-state index in [0.29, 0.717) is 22.4 Å². The zero-order valence-electron chi connectivity index (χ0n) is 14.7. The molecule has 0 aliphatic carbocycles. The highest BCUT2D eigenvalue weighted by Gasteiger charge is 2.15. The molecule has 2 N–H and O–H groups in total. The van der Waals surface area contributed by atoms with E-state index < -0.39 is 11.9 Å². The molecule has 0 atom stereocenters. The van der Waals surface area contributed by atoms with Crippen LogP contribution in [-0.2, 0) is 9.53 Å². The Morgan fingerprint density at radius 1 is 1.19 bits per heavy atom. The number of ether oxygens (including phenoxy) is 1. The van der Waals surface area contributed by atoms with Crippen molar-refractivity contribution in [3.05, 3.63) is 53.2 Å². The molecule has 0 unspecified atom stereocenters. The number of benzene rings is 2. The lowest BCUT2D eigenvalue weighted by Gasteiger charge is -2.06. The molecule has 0 radical (unpaired) electrons. The molecular formula is C19H16N4O3S. The molecule has 27 heavy (non-hydrogen) atoms. The quantitative estimate of drug-likeness (QED) is 0.528. The van der Waals surface area contributed by atoms with Crippen LogP contribution < -0.4 is 5.32 Å². The van der Waals surface area contributed by atoms with Gasteiger partial charge < -0.3 is 15.0 Å². The van der Waals surface area contributed by atoms with E-state index in [9.17, 15) is 9.59 Å². The number of fused-ring (bicyclic) bond motifs is 2. The first-order valence-electron chi connectivity index (χ1n) is 8.29. The third-order valence-corrected chi connectivity index (χ3v) is 4.75. The lowest BCUT2D eigenvalue weighted by molar-refractivity contribution is -0.119. The zero-order chi connectivity index (χ0) is 19.0. The van der Waals surface area contributed by atoms with Crippen molar-refractivity contribution < 1.29 is 14.3 Å². The minimum absolute atomic E-state index is 0.317. The number of amides is 1. The highest BCUT2D eigenvalue weighted by atomic mass is 32.1. The molecule has 136 valence electrons. The number of carbonyl (C=O) groups is 2. The number of anilines is 1. The fourth-order valence-corrected chi connectivity index (χ4v) is 3.56. The molecule has 2 heterocycles. The first-order chi connectivity index (χ1) is 13.0. The number of nitrogens with one attached hydrogen (secondary N) is 2. The average Bonchev–Trinajstić information content (AvgIpc) is 3.27. The molecule has 1 amide bonds. The van der Waals surface area contributed by atoms with Gasteiger partial charge in [0.1, 0.15) is 16.7 Å². The largest absolute Gasteiger partial charge is 0.451 e. The van der Waals surface area contributed by atoms with Crippen molar-refractivity contribution in [2.24, 2.45) is 0 Å². The lowest BCUT2D eigenvalue weighted by Crippen LogP contribution is -2.21. The number of hydrogen-bond donors (Lipinski definition) is 2. The summed E-state index contributed by atoms with van der Waals surface area (Å²) < 4.78 is 13.4. The maximum Gasteiger partial charge on any atom is 0.355 e. The summed E-state index contributed by atoms with van der Waals surface area (Å²) in [6.45, 7) is 3.59. The van der Waals surface area contributed by atoms with Gasteiger partial charge in [-0.05, 0) is 49.2 Å². The van der Waals surface area contributed by atoms with Crippen molar-refractivity contribution in [3.8, 4) is 0 Å². The fourth-order valence-electron chi connectivity index (χ4n) is 3.01. The predicted molar refractivity (Wildman–Crippen MR) is 104 cm³/mol.